The zero-order valence-corrected chi connectivity index (χ0v) is 16.2. The molecule has 0 heterocycles. The number of nitrogens with zero attached hydrogens (tertiary/aromatic N) is 1. The molecule has 0 bridgehead atoms. The van der Waals surface area contributed by atoms with E-state index in [2.05, 4.69) is 4.74 Å². The average Bonchev–Trinajstić information content (AvgIpc) is 2.68. The molecule has 0 spiro atoms. The van der Waals surface area contributed by atoms with E-state index < -0.39 is 22.0 Å². The second kappa shape index (κ2) is 8.79. The van der Waals surface area contributed by atoms with Gasteiger partial charge in [-0.2, -0.15) is 4.31 Å². The molecule has 0 N–H and O–H groups in total. The third-order valence-corrected chi connectivity index (χ3v) is 5.96. The van der Waals surface area contributed by atoms with E-state index in [0.29, 0.717) is 13.1 Å². The van der Waals surface area contributed by atoms with E-state index in [1.807, 2.05) is 0 Å². The van der Waals surface area contributed by atoms with Crippen LogP contribution in [0.1, 0.15) is 34.6 Å². The average molecular weight is 391 g/mol. The summed E-state index contributed by atoms with van der Waals surface area (Å²) in [5.74, 6) is -1.02. The Morgan fingerprint density at radius 1 is 0.926 bits per heavy atom. The van der Waals surface area contributed by atoms with Crippen LogP contribution < -0.4 is 4.74 Å². The van der Waals surface area contributed by atoms with Crippen LogP contribution in [-0.4, -0.2) is 44.9 Å². The summed E-state index contributed by atoms with van der Waals surface area (Å²) in [7, 11) is -2.33. The van der Waals surface area contributed by atoms with Gasteiger partial charge in [-0.1, -0.05) is 19.9 Å². The number of carbonyl (C=O) groups is 2. The van der Waals surface area contributed by atoms with Gasteiger partial charge in [0.15, 0.2) is 0 Å². The molecule has 0 aliphatic heterocycles. The number of ether oxygens (including phenoxy) is 2. The molecule has 0 unspecified atom stereocenters. The number of sulfonamides is 1. The van der Waals surface area contributed by atoms with E-state index in [-0.39, 0.29) is 21.8 Å². The lowest BCUT2D eigenvalue weighted by atomic mass is 10.2. The Balaban J connectivity index is 2.18. The number of rotatable bonds is 7. The Morgan fingerprint density at radius 3 is 2.11 bits per heavy atom. The Morgan fingerprint density at radius 2 is 1.56 bits per heavy atom. The van der Waals surface area contributed by atoms with Crippen LogP contribution in [0.25, 0.3) is 0 Å². The molecule has 0 amide bonds. The molecule has 0 atom stereocenters. The normalized spacial score (nSPS) is 11.3. The number of hydrogen-bond acceptors (Lipinski definition) is 6. The molecule has 0 aromatic heterocycles. The van der Waals surface area contributed by atoms with Crippen molar-refractivity contribution in [1.29, 1.82) is 0 Å². The zero-order chi connectivity index (χ0) is 20.0. The monoisotopic (exact) mass is 391 g/mol. The summed E-state index contributed by atoms with van der Waals surface area (Å²) in [6.45, 7) is 4.24. The van der Waals surface area contributed by atoms with Crippen molar-refractivity contribution in [3.8, 4) is 5.75 Å². The quantitative estimate of drug-likeness (QED) is 0.532. The van der Waals surface area contributed by atoms with Gasteiger partial charge in [0.1, 0.15) is 5.75 Å². The summed E-state index contributed by atoms with van der Waals surface area (Å²) in [4.78, 5) is 23.9. The fraction of sp³-hybridized carbons (Fsp3) is 0.263. The summed E-state index contributed by atoms with van der Waals surface area (Å²) >= 11 is 0. The number of esters is 2. The van der Waals surface area contributed by atoms with Crippen LogP contribution in [0, 0.1) is 0 Å². The number of carbonyl (C=O) groups excluding carboxylic acids is 2. The minimum absolute atomic E-state index is 0.107. The lowest BCUT2D eigenvalue weighted by molar-refractivity contribution is 0.0597. The first-order chi connectivity index (χ1) is 12.8. The van der Waals surface area contributed by atoms with Gasteiger partial charge >= 0.3 is 11.9 Å². The lowest BCUT2D eigenvalue weighted by Crippen LogP contribution is -2.30. The van der Waals surface area contributed by atoms with E-state index >= 15 is 0 Å². The molecular formula is C19H21NO6S. The third kappa shape index (κ3) is 4.72. The fourth-order valence-corrected chi connectivity index (χ4v) is 3.90. The van der Waals surface area contributed by atoms with Crippen LogP contribution in [0.5, 0.6) is 5.75 Å². The molecule has 0 saturated carbocycles. The second-order valence-corrected chi connectivity index (χ2v) is 7.46. The first-order valence-corrected chi connectivity index (χ1v) is 9.78. The molecule has 0 aliphatic carbocycles. The van der Waals surface area contributed by atoms with Crippen LogP contribution in [-0.2, 0) is 14.8 Å². The molecular weight excluding hydrogens is 370 g/mol. The zero-order valence-electron chi connectivity index (χ0n) is 15.3. The molecule has 2 aromatic carbocycles. The van der Waals surface area contributed by atoms with Gasteiger partial charge in [-0.3, -0.25) is 0 Å². The highest BCUT2D eigenvalue weighted by molar-refractivity contribution is 7.89. The molecule has 144 valence electrons. The van der Waals surface area contributed by atoms with E-state index in [4.69, 9.17) is 4.74 Å². The highest BCUT2D eigenvalue weighted by Gasteiger charge is 2.22. The summed E-state index contributed by atoms with van der Waals surface area (Å²) in [6.07, 6.45) is 0. The Bertz CT molecular complexity index is 917. The van der Waals surface area contributed by atoms with E-state index in [1.54, 1.807) is 19.9 Å². The molecule has 2 aromatic rings. The fourth-order valence-electron chi connectivity index (χ4n) is 2.45. The molecule has 7 nitrogen and oxygen atoms in total. The van der Waals surface area contributed by atoms with Gasteiger partial charge in [0, 0.05) is 13.1 Å². The van der Waals surface area contributed by atoms with Gasteiger partial charge in [0.25, 0.3) is 0 Å². The van der Waals surface area contributed by atoms with Crippen molar-refractivity contribution in [2.45, 2.75) is 18.7 Å². The van der Waals surface area contributed by atoms with Crippen molar-refractivity contribution in [3.63, 3.8) is 0 Å². The van der Waals surface area contributed by atoms with Crippen molar-refractivity contribution in [2.75, 3.05) is 20.2 Å². The standard InChI is InChI=1S/C19H21NO6S/c1-4-20(5-2)27(23,24)17-11-9-14(10-12-17)19(22)26-16-8-6-7-15(13-16)18(21)25-3/h6-13H,4-5H2,1-3H3. The molecule has 2 rings (SSSR count). The van der Waals surface area contributed by atoms with E-state index in [1.165, 1.54) is 53.9 Å². The first kappa shape index (κ1) is 20.6. The van der Waals surface area contributed by atoms with Crippen LogP contribution in [0.15, 0.2) is 53.4 Å². The van der Waals surface area contributed by atoms with Crippen LogP contribution >= 0.6 is 0 Å². The second-order valence-electron chi connectivity index (χ2n) is 5.52. The largest absolute Gasteiger partial charge is 0.465 e. The Kier molecular flexibility index (Phi) is 6.70. The molecule has 0 aliphatic rings. The minimum Gasteiger partial charge on any atom is -0.465 e. The number of hydrogen-bond donors (Lipinski definition) is 0. The highest BCUT2D eigenvalue weighted by atomic mass is 32.2. The minimum atomic E-state index is -3.59. The van der Waals surface area contributed by atoms with Crippen LogP contribution in [0.4, 0.5) is 0 Å². The number of methoxy groups -OCH3 is 1. The highest BCUT2D eigenvalue weighted by Crippen LogP contribution is 2.19. The Labute approximate surface area is 158 Å². The maximum absolute atomic E-state index is 12.5. The predicted molar refractivity (Wildman–Crippen MR) is 99.3 cm³/mol. The molecule has 0 fully saturated rings. The van der Waals surface area contributed by atoms with Crippen LogP contribution in [0.3, 0.4) is 0 Å². The van der Waals surface area contributed by atoms with Crippen molar-refractivity contribution >= 4 is 22.0 Å². The lowest BCUT2D eigenvalue weighted by Gasteiger charge is -2.18. The number of benzene rings is 2. The maximum Gasteiger partial charge on any atom is 0.343 e. The molecule has 0 saturated heterocycles. The summed E-state index contributed by atoms with van der Waals surface area (Å²) in [6, 6.07) is 11.5. The van der Waals surface area contributed by atoms with Gasteiger partial charge in [-0.05, 0) is 42.5 Å². The third-order valence-electron chi connectivity index (χ3n) is 3.90. The molecule has 27 heavy (non-hydrogen) atoms. The van der Waals surface area contributed by atoms with Gasteiger partial charge in [0.05, 0.1) is 23.1 Å². The van der Waals surface area contributed by atoms with Gasteiger partial charge in [-0.15, -0.1) is 0 Å². The van der Waals surface area contributed by atoms with Crippen molar-refractivity contribution < 1.29 is 27.5 Å². The molecule has 0 radical (unpaired) electrons. The van der Waals surface area contributed by atoms with Gasteiger partial charge < -0.3 is 9.47 Å². The van der Waals surface area contributed by atoms with Crippen molar-refractivity contribution in [1.82, 2.24) is 4.31 Å². The molecule has 8 heteroatoms. The first-order valence-electron chi connectivity index (χ1n) is 8.34. The topological polar surface area (TPSA) is 90.0 Å². The summed E-state index contributed by atoms with van der Waals surface area (Å²) < 4.78 is 36.1. The van der Waals surface area contributed by atoms with Crippen molar-refractivity contribution in [3.05, 3.63) is 59.7 Å². The van der Waals surface area contributed by atoms with Gasteiger partial charge in [-0.25, -0.2) is 18.0 Å². The predicted octanol–water partition coefficient (Wildman–Crippen LogP) is 2.72. The van der Waals surface area contributed by atoms with Gasteiger partial charge in [0.2, 0.25) is 10.0 Å². The maximum atomic E-state index is 12.5. The van der Waals surface area contributed by atoms with Crippen LogP contribution in [0.2, 0.25) is 0 Å². The smallest absolute Gasteiger partial charge is 0.343 e. The Hall–Kier alpha value is -2.71. The summed E-state index contributed by atoms with van der Waals surface area (Å²) in [5.41, 5.74) is 0.445. The SMILES string of the molecule is CCN(CC)S(=O)(=O)c1ccc(C(=O)Oc2cccc(C(=O)OC)c2)cc1. The summed E-state index contributed by atoms with van der Waals surface area (Å²) in [5, 5.41) is 0. The van der Waals surface area contributed by atoms with E-state index in [0.717, 1.165) is 0 Å². The van der Waals surface area contributed by atoms with Crippen molar-refractivity contribution in [2.24, 2.45) is 0 Å². The van der Waals surface area contributed by atoms with E-state index in [9.17, 15) is 18.0 Å².